The lowest BCUT2D eigenvalue weighted by atomic mass is 10.00. The van der Waals surface area contributed by atoms with Crippen LogP contribution in [0.15, 0.2) is 0 Å². The van der Waals surface area contributed by atoms with Crippen molar-refractivity contribution in [2.45, 2.75) is 161 Å². The van der Waals surface area contributed by atoms with E-state index in [0.717, 1.165) is 38.5 Å². The Hall–Kier alpha value is -1.71. The summed E-state index contributed by atoms with van der Waals surface area (Å²) in [5.41, 5.74) is 0. The van der Waals surface area contributed by atoms with E-state index in [0.29, 0.717) is 25.7 Å². The Morgan fingerprint density at radius 1 is 0.525 bits per heavy atom. The molecule has 4 saturated heterocycles. The maximum absolute atomic E-state index is 13.0. The van der Waals surface area contributed by atoms with E-state index >= 15 is 0 Å². The molecule has 4 rings (SSSR count). The predicted molar refractivity (Wildman–Crippen MR) is 146 cm³/mol. The lowest BCUT2D eigenvalue weighted by Crippen LogP contribution is -2.34. The van der Waals surface area contributed by atoms with Crippen LogP contribution in [0, 0.1) is 17.8 Å². The molecular formula is C31H50O9. The van der Waals surface area contributed by atoms with Crippen LogP contribution in [0.1, 0.15) is 106 Å². The van der Waals surface area contributed by atoms with Gasteiger partial charge in [-0.15, -0.1) is 0 Å². The minimum atomic E-state index is -0.387. The summed E-state index contributed by atoms with van der Waals surface area (Å²) in [5.74, 6) is -1.95. The van der Waals surface area contributed by atoms with Crippen molar-refractivity contribution in [3.63, 3.8) is 0 Å². The number of rotatable bonds is 1. The molecule has 9 nitrogen and oxygen atoms in total. The third-order valence-corrected chi connectivity index (χ3v) is 9.30. The zero-order valence-electron chi connectivity index (χ0n) is 25.2. The van der Waals surface area contributed by atoms with Crippen LogP contribution in [0.25, 0.3) is 0 Å². The van der Waals surface area contributed by atoms with Gasteiger partial charge >= 0.3 is 17.9 Å². The fourth-order valence-electron chi connectivity index (χ4n) is 6.59. The fraction of sp³-hybridized carbons (Fsp3) is 0.903. The highest BCUT2D eigenvalue weighted by atomic mass is 16.6. The van der Waals surface area contributed by atoms with Gasteiger partial charge < -0.3 is 28.4 Å². The van der Waals surface area contributed by atoms with Gasteiger partial charge in [-0.05, 0) is 79.6 Å². The molecule has 0 saturated carbocycles. The highest BCUT2D eigenvalue weighted by Gasteiger charge is 2.40. The Morgan fingerprint density at radius 2 is 0.875 bits per heavy atom. The second kappa shape index (κ2) is 14.0. The fourth-order valence-corrected chi connectivity index (χ4v) is 6.59. The third-order valence-electron chi connectivity index (χ3n) is 9.30. The molecule has 4 fully saturated rings. The zero-order chi connectivity index (χ0) is 29.0. The van der Waals surface area contributed by atoms with Crippen molar-refractivity contribution in [3.05, 3.63) is 0 Å². The van der Waals surface area contributed by atoms with Crippen LogP contribution in [0.5, 0.6) is 0 Å². The minimum absolute atomic E-state index is 0.0570. The van der Waals surface area contributed by atoms with E-state index in [1.54, 1.807) is 0 Å². The van der Waals surface area contributed by atoms with Crippen molar-refractivity contribution in [1.29, 1.82) is 0 Å². The number of hydrogen-bond acceptors (Lipinski definition) is 9. The second-order valence-corrected chi connectivity index (χ2v) is 12.7. The molecule has 0 aromatic heterocycles. The minimum Gasteiger partial charge on any atom is -0.462 e. The van der Waals surface area contributed by atoms with Gasteiger partial charge in [0.25, 0.3) is 0 Å². The first-order valence-corrected chi connectivity index (χ1v) is 15.6. The largest absolute Gasteiger partial charge is 0.462 e. The highest BCUT2D eigenvalue weighted by Crippen LogP contribution is 2.34. The lowest BCUT2D eigenvalue weighted by molar-refractivity contribution is -0.162. The Bertz CT molecular complexity index is 877. The quantitative estimate of drug-likeness (QED) is 0.323. The SMILES string of the molecule is CCC1CC2CCC(O2)C(C)C(=O)OC(C)CC2CCC(O2)C(C)C(=O)OC(C)CC2CCC(O2)C(C)C(=O)O1. The Morgan fingerprint density at radius 3 is 1.25 bits per heavy atom. The molecule has 4 aliphatic heterocycles. The van der Waals surface area contributed by atoms with Gasteiger partial charge in [0.1, 0.15) is 18.3 Å². The van der Waals surface area contributed by atoms with Crippen LogP contribution in [0.3, 0.4) is 0 Å². The van der Waals surface area contributed by atoms with Gasteiger partial charge in [-0.25, -0.2) is 0 Å². The molecule has 12 atom stereocenters. The summed E-state index contributed by atoms with van der Waals surface area (Å²) >= 11 is 0. The van der Waals surface area contributed by atoms with E-state index < -0.39 is 0 Å². The van der Waals surface area contributed by atoms with Crippen molar-refractivity contribution < 1.29 is 42.8 Å². The van der Waals surface area contributed by atoms with Gasteiger partial charge in [-0.2, -0.15) is 0 Å². The average molecular weight is 567 g/mol. The van der Waals surface area contributed by atoms with Crippen LogP contribution in [0.2, 0.25) is 0 Å². The zero-order valence-corrected chi connectivity index (χ0v) is 25.2. The van der Waals surface area contributed by atoms with E-state index in [9.17, 15) is 14.4 Å². The second-order valence-electron chi connectivity index (χ2n) is 12.7. The summed E-state index contributed by atoms with van der Waals surface area (Å²) < 4.78 is 36.2. The van der Waals surface area contributed by atoms with E-state index in [-0.39, 0.29) is 90.6 Å². The molecule has 228 valence electrons. The Labute approximate surface area is 239 Å². The van der Waals surface area contributed by atoms with Crippen molar-refractivity contribution in [2.24, 2.45) is 17.8 Å². The summed E-state index contributed by atoms with van der Waals surface area (Å²) in [6.07, 6.45) is 5.56. The van der Waals surface area contributed by atoms with E-state index in [4.69, 9.17) is 28.4 Å². The number of carbonyl (C=O) groups is 3. The van der Waals surface area contributed by atoms with Crippen LogP contribution in [-0.4, -0.2) is 72.8 Å². The van der Waals surface area contributed by atoms with Gasteiger partial charge in [0.15, 0.2) is 0 Å². The standard InChI is InChI=1S/C31H50O9/c1-7-22-16-25-10-13-27(39-25)20(5)30(33)36-17(2)14-23-8-11-26(37-23)19(4)29(32)35-18(3)15-24-9-12-28(38-24)21(6)31(34)40-22/h17-28H,7-16H2,1-6H3. The number of cyclic esters (lactones) is 3. The molecule has 40 heavy (non-hydrogen) atoms. The van der Waals surface area contributed by atoms with Gasteiger partial charge in [0, 0.05) is 19.3 Å². The topological polar surface area (TPSA) is 107 Å². The summed E-state index contributed by atoms with van der Waals surface area (Å²) in [5, 5.41) is 0. The first-order chi connectivity index (χ1) is 19.0. The molecule has 0 N–H and O–H groups in total. The normalized spacial score (nSPS) is 44.4. The smallest absolute Gasteiger partial charge is 0.311 e. The van der Waals surface area contributed by atoms with Gasteiger partial charge in [0.2, 0.25) is 0 Å². The van der Waals surface area contributed by atoms with Crippen LogP contribution in [-0.2, 0) is 42.8 Å². The van der Waals surface area contributed by atoms with Crippen molar-refractivity contribution in [2.75, 3.05) is 0 Å². The molecule has 4 heterocycles. The Kier molecular flexibility index (Phi) is 10.9. The van der Waals surface area contributed by atoms with Crippen molar-refractivity contribution in [1.82, 2.24) is 0 Å². The Balaban J connectivity index is 1.43. The average Bonchev–Trinajstić information content (AvgIpc) is 3.68. The molecule has 6 bridgehead atoms. The number of ether oxygens (including phenoxy) is 6. The molecule has 4 aliphatic rings. The number of fused-ring (bicyclic) bond motifs is 6. The molecular weight excluding hydrogens is 516 g/mol. The summed E-state index contributed by atoms with van der Waals surface area (Å²) in [6, 6.07) is 0. The molecule has 0 spiro atoms. The molecule has 0 aromatic rings. The third kappa shape index (κ3) is 7.97. The molecule has 0 aromatic carbocycles. The molecule has 9 heteroatoms. The summed E-state index contributed by atoms with van der Waals surface area (Å²) in [6.45, 7) is 11.4. The molecule has 12 unspecified atom stereocenters. The maximum atomic E-state index is 13.0. The van der Waals surface area contributed by atoms with Gasteiger partial charge in [-0.1, -0.05) is 6.92 Å². The van der Waals surface area contributed by atoms with Crippen LogP contribution in [0.4, 0.5) is 0 Å². The van der Waals surface area contributed by atoms with Crippen LogP contribution >= 0.6 is 0 Å². The van der Waals surface area contributed by atoms with E-state index in [1.165, 1.54) is 0 Å². The van der Waals surface area contributed by atoms with Crippen molar-refractivity contribution in [3.8, 4) is 0 Å². The molecule has 0 radical (unpaired) electrons. The summed E-state index contributed by atoms with van der Waals surface area (Å²) in [7, 11) is 0. The van der Waals surface area contributed by atoms with E-state index in [1.807, 2.05) is 41.5 Å². The number of hydrogen-bond donors (Lipinski definition) is 0. The number of carbonyl (C=O) groups excluding carboxylic acids is 3. The highest BCUT2D eigenvalue weighted by molar-refractivity contribution is 5.74. The first kappa shape index (κ1) is 31.2. The van der Waals surface area contributed by atoms with E-state index in [2.05, 4.69) is 0 Å². The predicted octanol–water partition coefficient (Wildman–Crippen LogP) is 4.91. The summed E-state index contributed by atoms with van der Waals surface area (Å²) in [4.78, 5) is 38.9. The number of esters is 3. The molecule has 0 aliphatic carbocycles. The first-order valence-electron chi connectivity index (χ1n) is 15.6. The maximum Gasteiger partial charge on any atom is 0.311 e. The van der Waals surface area contributed by atoms with Gasteiger partial charge in [-0.3, -0.25) is 14.4 Å². The van der Waals surface area contributed by atoms with Crippen LogP contribution < -0.4 is 0 Å². The van der Waals surface area contributed by atoms with Gasteiger partial charge in [0.05, 0.1) is 54.4 Å². The monoisotopic (exact) mass is 566 g/mol. The van der Waals surface area contributed by atoms with Crippen molar-refractivity contribution >= 4 is 17.9 Å². The molecule has 0 amide bonds. The lowest BCUT2D eigenvalue weighted by Gasteiger charge is -2.26.